The molecule has 2 rings (SSSR count). The van der Waals surface area contributed by atoms with Crippen LogP contribution in [0.2, 0.25) is 0 Å². The summed E-state index contributed by atoms with van der Waals surface area (Å²) in [4.78, 5) is 0. The topological polar surface area (TPSA) is 60.9 Å². The molecule has 0 unspecified atom stereocenters. The van der Waals surface area contributed by atoms with E-state index < -0.39 is 10.2 Å². The first-order valence-corrected chi connectivity index (χ1v) is 7.76. The average Bonchev–Trinajstić information content (AvgIpc) is 2.36. The summed E-state index contributed by atoms with van der Waals surface area (Å²) in [6.45, 7) is 4.50. The molecule has 1 aliphatic heterocycles. The number of hydrogen-bond acceptors (Lipinski definition) is 3. The Morgan fingerprint density at radius 2 is 2.00 bits per heavy atom. The maximum Gasteiger partial charge on any atom is 0.282 e. The molecule has 0 fully saturated rings. The molecule has 5 nitrogen and oxygen atoms in total. The molecule has 1 aliphatic rings. The number of fused-ring (bicyclic) bond motifs is 1. The van der Waals surface area contributed by atoms with Crippen LogP contribution in [0.5, 0.6) is 5.75 Å². The van der Waals surface area contributed by atoms with Crippen LogP contribution in [0.15, 0.2) is 18.2 Å². The summed E-state index contributed by atoms with van der Waals surface area (Å²) in [5.41, 5.74) is 1.99. The molecule has 0 saturated heterocycles. The van der Waals surface area contributed by atoms with Crippen LogP contribution in [-0.4, -0.2) is 41.8 Å². The number of hydrogen-bond donors (Lipinski definition) is 1. The fourth-order valence-corrected chi connectivity index (χ4v) is 3.68. The van der Waals surface area contributed by atoms with Crippen LogP contribution < -0.4 is 0 Å². The lowest BCUT2D eigenvalue weighted by atomic mass is 10.0. The average molecular weight is 284 g/mol. The summed E-state index contributed by atoms with van der Waals surface area (Å²) in [6.07, 6.45) is 0.681. The van der Waals surface area contributed by atoms with Gasteiger partial charge < -0.3 is 5.11 Å². The molecular weight excluding hydrogens is 264 g/mol. The lowest BCUT2D eigenvalue weighted by molar-refractivity contribution is 0.323. The second-order valence-corrected chi connectivity index (χ2v) is 7.14. The smallest absolute Gasteiger partial charge is 0.282 e. The maximum absolute atomic E-state index is 12.4. The fraction of sp³-hybridized carbons (Fsp3) is 0.538. The molecule has 0 spiro atoms. The highest BCUT2D eigenvalue weighted by molar-refractivity contribution is 7.86. The van der Waals surface area contributed by atoms with Gasteiger partial charge in [0, 0.05) is 26.2 Å². The number of nitrogens with zero attached hydrogens (tertiary/aromatic N) is 2. The number of aromatic hydroxyl groups is 1. The zero-order chi connectivity index (χ0) is 14.2. The number of phenolic OH excluding ortho intramolecular Hbond substituents is 1. The highest BCUT2D eigenvalue weighted by Crippen LogP contribution is 2.25. The van der Waals surface area contributed by atoms with Gasteiger partial charge in [-0.2, -0.15) is 17.0 Å². The largest absolute Gasteiger partial charge is 0.508 e. The van der Waals surface area contributed by atoms with Gasteiger partial charge in [-0.3, -0.25) is 0 Å². The lowest BCUT2D eigenvalue weighted by Gasteiger charge is -2.33. The molecule has 0 atom stereocenters. The van der Waals surface area contributed by atoms with E-state index >= 15 is 0 Å². The SMILES string of the molecule is CC(C)N(C)S(=O)(=O)N1CCc2ccc(O)cc2C1. The molecule has 0 radical (unpaired) electrons. The van der Waals surface area contributed by atoms with Crippen molar-refractivity contribution in [2.45, 2.75) is 32.9 Å². The van der Waals surface area contributed by atoms with Gasteiger partial charge in [0.1, 0.15) is 5.75 Å². The van der Waals surface area contributed by atoms with Crippen LogP contribution in [0.1, 0.15) is 25.0 Å². The molecule has 1 aromatic carbocycles. The van der Waals surface area contributed by atoms with E-state index in [1.807, 2.05) is 19.9 Å². The van der Waals surface area contributed by atoms with E-state index in [9.17, 15) is 13.5 Å². The van der Waals surface area contributed by atoms with Crippen molar-refractivity contribution in [1.29, 1.82) is 0 Å². The van der Waals surface area contributed by atoms with E-state index in [1.165, 1.54) is 8.61 Å². The molecule has 0 bridgehead atoms. The van der Waals surface area contributed by atoms with E-state index in [2.05, 4.69) is 0 Å². The van der Waals surface area contributed by atoms with Crippen molar-refractivity contribution in [3.8, 4) is 5.75 Å². The van der Waals surface area contributed by atoms with Crippen molar-refractivity contribution in [1.82, 2.24) is 8.61 Å². The predicted molar refractivity (Wildman–Crippen MR) is 74.0 cm³/mol. The minimum Gasteiger partial charge on any atom is -0.508 e. The number of phenols is 1. The van der Waals surface area contributed by atoms with Crippen LogP contribution in [0.25, 0.3) is 0 Å². The van der Waals surface area contributed by atoms with E-state index in [-0.39, 0.29) is 11.8 Å². The second kappa shape index (κ2) is 5.11. The van der Waals surface area contributed by atoms with Gasteiger partial charge in [0.05, 0.1) is 0 Å². The lowest BCUT2D eigenvalue weighted by Crippen LogP contribution is -2.46. The van der Waals surface area contributed by atoms with Crippen LogP contribution in [0.4, 0.5) is 0 Å². The zero-order valence-corrected chi connectivity index (χ0v) is 12.3. The summed E-state index contributed by atoms with van der Waals surface area (Å²) >= 11 is 0. The van der Waals surface area contributed by atoms with E-state index in [0.29, 0.717) is 19.5 Å². The summed E-state index contributed by atoms with van der Waals surface area (Å²) in [5.74, 6) is 0.176. The molecule has 0 aromatic heterocycles. The third-order valence-corrected chi connectivity index (χ3v) is 5.70. The van der Waals surface area contributed by atoms with Crippen molar-refractivity contribution >= 4 is 10.2 Å². The monoisotopic (exact) mass is 284 g/mol. The summed E-state index contributed by atoms with van der Waals surface area (Å²) in [6, 6.07) is 5.08. The quantitative estimate of drug-likeness (QED) is 0.911. The van der Waals surface area contributed by atoms with Crippen LogP contribution >= 0.6 is 0 Å². The standard InChI is InChI=1S/C13H20N2O3S/c1-10(2)14(3)19(17,18)15-7-6-11-4-5-13(16)8-12(11)9-15/h4-5,8,10,16H,6-7,9H2,1-3H3. The Morgan fingerprint density at radius 3 is 2.63 bits per heavy atom. The second-order valence-electron chi connectivity index (χ2n) is 5.15. The molecule has 1 aromatic rings. The Bertz CT molecular complexity index is 569. The van der Waals surface area contributed by atoms with Gasteiger partial charge in [0.2, 0.25) is 0 Å². The number of rotatable bonds is 3. The van der Waals surface area contributed by atoms with Gasteiger partial charge in [0.15, 0.2) is 0 Å². The van der Waals surface area contributed by atoms with Crippen LogP contribution in [0.3, 0.4) is 0 Å². The van der Waals surface area contributed by atoms with Gasteiger partial charge >= 0.3 is 0 Å². The highest BCUT2D eigenvalue weighted by Gasteiger charge is 2.31. The Balaban J connectivity index is 2.27. The first-order chi connectivity index (χ1) is 8.82. The van der Waals surface area contributed by atoms with E-state index in [0.717, 1.165) is 11.1 Å². The molecule has 6 heteroatoms. The van der Waals surface area contributed by atoms with Crippen molar-refractivity contribution in [2.75, 3.05) is 13.6 Å². The predicted octanol–water partition coefficient (Wildman–Crippen LogP) is 1.34. The normalized spacial score (nSPS) is 16.9. The van der Waals surface area contributed by atoms with Crippen LogP contribution in [-0.2, 0) is 23.2 Å². The molecule has 0 amide bonds. The van der Waals surface area contributed by atoms with E-state index in [4.69, 9.17) is 0 Å². The van der Waals surface area contributed by atoms with Gasteiger partial charge in [-0.05, 0) is 43.5 Å². The molecule has 1 heterocycles. The first-order valence-electron chi connectivity index (χ1n) is 6.36. The minimum absolute atomic E-state index is 0.0735. The van der Waals surface area contributed by atoms with Gasteiger partial charge in [-0.25, -0.2) is 0 Å². The summed E-state index contributed by atoms with van der Waals surface area (Å²) < 4.78 is 27.7. The van der Waals surface area contributed by atoms with Gasteiger partial charge in [-0.15, -0.1) is 0 Å². The molecule has 106 valence electrons. The Kier molecular flexibility index (Phi) is 3.85. The fourth-order valence-electron chi connectivity index (χ4n) is 2.16. The van der Waals surface area contributed by atoms with Gasteiger partial charge in [0.25, 0.3) is 10.2 Å². The highest BCUT2D eigenvalue weighted by atomic mass is 32.2. The van der Waals surface area contributed by atoms with Gasteiger partial charge in [-0.1, -0.05) is 6.07 Å². The molecule has 0 saturated carbocycles. The molecule has 0 aliphatic carbocycles. The number of benzene rings is 1. The van der Waals surface area contributed by atoms with Crippen molar-refractivity contribution < 1.29 is 13.5 Å². The zero-order valence-electron chi connectivity index (χ0n) is 11.5. The Morgan fingerprint density at radius 1 is 1.32 bits per heavy atom. The molecule has 1 N–H and O–H groups in total. The maximum atomic E-state index is 12.4. The molecule has 19 heavy (non-hydrogen) atoms. The van der Waals surface area contributed by atoms with Crippen LogP contribution in [0, 0.1) is 0 Å². The third-order valence-electron chi connectivity index (χ3n) is 3.58. The third kappa shape index (κ3) is 2.75. The van der Waals surface area contributed by atoms with E-state index in [1.54, 1.807) is 19.2 Å². The minimum atomic E-state index is -3.43. The summed E-state index contributed by atoms with van der Waals surface area (Å²) in [5, 5.41) is 9.50. The first kappa shape index (κ1) is 14.3. The Hall–Kier alpha value is -1.11. The van der Waals surface area contributed by atoms with Crippen molar-refractivity contribution in [3.05, 3.63) is 29.3 Å². The van der Waals surface area contributed by atoms with Crippen molar-refractivity contribution in [2.24, 2.45) is 0 Å². The summed E-state index contributed by atoms with van der Waals surface area (Å²) in [7, 11) is -1.84. The van der Waals surface area contributed by atoms with Crippen molar-refractivity contribution in [3.63, 3.8) is 0 Å². The molecular formula is C13H20N2O3S. The Labute approximate surface area is 114 Å².